The van der Waals surface area contributed by atoms with Gasteiger partial charge in [0.15, 0.2) is 0 Å². The van der Waals surface area contributed by atoms with Crippen LogP contribution in [0.2, 0.25) is 0 Å². The second-order valence-corrected chi connectivity index (χ2v) is 5.32. The number of aliphatic hydroxyl groups excluding tert-OH is 1. The lowest BCUT2D eigenvalue weighted by Crippen LogP contribution is -2.29. The maximum Gasteiger partial charge on any atom is 0.0922 e. The summed E-state index contributed by atoms with van der Waals surface area (Å²) in [6.45, 7) is 0.252. The van der Waals surface area contributed by atoms with Gasteiger partial charge < -0.3 is 10.8 Å². The zero-order valence-electron chi connectivity index (χ0n) is 11.7. The Morgan fingerprint density at radius 1 is 1.33 bits per heavy atom. The molecule has 0 atom stereocenters. The molecule has 3 N–H and O–H groups in total. The monoisotopic (exact) mass is 282 g/mol. The number of fused-ring (bicyclic) bond motifs is 1. The van der Waals surface area contributed by atoms with Gasteiger partial charge in [0.25, 0.3) is 0 Å². The highest BCUT2D eigenvalue weighted by atomic mass is 16.3. The molecule has 21 heavy (non-hydrogen) atoms. The number of allylic oxidation sites excluding steroid dienone is 1. The van der Waals surface area contributed by atoms with Crippen LogP contribution in [-0.2, 0) is 0 Å². The third-order valence-corrected chi connectivity index (χ3v) is 3.82. The SMILES string of the molecule is NC=C(C=NC1CC(CO)C1)c1cnc2ccccc2n1. The first-order valence-electron chi connectivity index (χ1n) is 7.08. The maximum atomic E-state index is 9.00. The summed E-state index contributed by atoms with van der Waals surface area (Å²) in [5.41, 5.74) is 8.87. The number of para-hydroxylation sites is 2. The van der Waals surface area contributed by atoms with Crippen molar-refractivity contribution in [3.8, 4) is 0 Å². The van der Waals surface area contributed by atoms with Gasteiger partial charge in [-0.25, -0.2) is 4.98 Å². The van der Waals surface area contributed by atoms with E-state index in [4.69, 9.17) is 10.8 Å². The average molecular weight is 282 g/mol. The summed E-state index contributed by atoms with van der Waals surface area (Å²) in [7, 11) is 0. The number of aromatic nitrogens is 2. The van der Waals surface area contributed by atoms with Gasteiger partial charge in [-0.15, -0.1) is 0 Å². The van der Waals surface area contributed by atoms with Crippen LogP contribution in [-0.4, -0.2) is 33.9 Å². The lowest BCUT2D eigenvalue weighted by atomic mass is 9.81. The lowest BCUT2D eigenvalue weighted by molar-refractivity contribution is 0.145. The van der Waals surface area contributed by atoms with Crippen LogP contribution in [0.25, 0.3) is 16.6 Å². The first kappa shape index (κ1) is 13.7. The van der Waals surface area contributed by atoms with Crippen molar-refractivity contribution in [2.24, 2.45) is 16.6 Å². The van der Waals surface area contributed by atoms with Gasteiger partial charge in [-0.2, -0.15) is 0 Å². The Bertz CT molecular complexity index is 689. The fourth-order valence-corrected chi connectivity index (χ4v) is 2.45. The zero-order chi connectivity index (χ0) is 14.7. The fourth-order valence-electron chi connectivity index (χ4n) is 2.45. The third-order valence-electron chi connectivity index (χ3n) is 3.82. The number of hydrogen-bond donors (Lipinski definition) is 2. The summed E-state index contributed by atoms with van der Waals surface area (Å²) in [6.07, 6.45) is 6.86. The predicted molar refractivity (Wildman–Crippen MR) is 83.8 cm³/mol. The maximum absolute atomic E-state index is 9.00. The van der Waals surface area contributed by atoms with Crippen molar-refractivity contribution in [1.82, 2.24) is 9.97 Å². The molecule has 0 amide bonds. The Kier molecular flexibility index (Phi) is 3.92. The molecule has 0 aliphatic heterocycles. The van der Waals surface area contributed by atoms with Gasteiger partial charge >= 0.3 is 0 Å². The molecule has 5 heteroatoms. The Morgan fingerprint density at radius 3 is 2.81 bits per heavy atom. The van der Waals surface area contributed by atoms with Gasteiger partial charge in [0.2, 0.25) is 0 Å². The number of nitrogens with two attached hydrogens (primary N) is 1. The summed E-state index contributed by atoms with van der Waals surface area (Å²) in [5, 5.41) is 9.00. The van der Waals surface area contributed by atoms with E-state index in [1.807, 2.05) is 24.3 Å². The summed E-state index contributed by atoms with van der Waals surface area (Å²) in [5.74, 6) is 0.401. The van der Waals surface area contributed by atoms with Gasteiger partial charge in [0, 0.05) is 24.6 Å². The van der Waals surface area contributed by atoms with Gasteiger partial charge in [-0.1, -0.05) is 12.1 Å². The number of aliphatic hydroxyl groups is 1. The van der Waals surface area contributed by atoms with Crippen molar-refractivity contribution >= 4 is 22.8 Å². The molecule has 1 fully saturated rings. The van der Waals surface area contributed by atoms with Crippen molar-refractivity contribution in [1.29, 1.82) is 0 Å². The molecule has 108 valence electrons. The molecule has 1 heterocycles. The predicted octanol–water partition coefficient (Wildman–Crippen LogP) is 1.77. The zero-order valence-corrected chi connectivity index (χ0v) is 11.7. The molecule has 2 aromatic rings. The van der Waals surface area contributed by atoms with Crippen molar-refractivity contribution in [3.05, 3.63) is 42.4 Å². The summed E-state index contributed by atoms with van der Waals surface area (Å²) < 4.78 is 0. The van der Waals surface area contributed by atoms with E-state index in [0.717, 1.165) is 35.1 Å². The molecule has 1 aromatic heterocycles. The standard InChI is InChI=1S/C16H18N4O/c17-7-12(8-18-13-5-11(6-13)10-21)16-9-19-14-3-1-2-4-15(14)20-16/h1-4,7-9,11,13,21H,5-6,10,17H2. The van der Waals surface area contributed by atoms with E-state index < -0.39 is 0 Å². The van der Waals surface area contributed by atoms with Gasteiger partial charge in [-0.3, -0.25) is 9.98 Å². The molecule has 1 saturated carbocycles. The minimum atomic E-state index is 0.252. The highest BCUT2D eigenvalue weighted by Crippen LogP contribution is 2.29. The fraction of sp³-hybridized carbons (Fsp3) is 0.312. The van der Waals surface area contributed by atoms with E-state index in [9.17, 15) is 0 Å². The smallest absolute Gasteiger partial charge is 0.0922 e. The van der Waals surface area contributed by atoms with E-state index in [1.165, 1.54) is 6.20 Å². The van der Waals surface area contributed by atoms with Crippen LogP contribution in [0.3, 0.4) is 0 Å². The van der Waals surface area contributed by atoms with E-state index in [1.54, 1.807) is 12.4 Å². The van der Waals surface area contributed by atoms with Crippen LogP contribution in [0, 0.1) is 5.92 Å². The minimum Gasteiger partial charge on any atom is -0.404 e. The molecule has 0 spiro atoms. The molecule has 0 radical (unpaired) electrons. The van der Waals surface area contributed by atoms with Crippen LogP contribution in [0.4, 0.5) is 0 Å². The second kappa shape index (κ2) is 6.01. The third kappa shape index (κ3) is 2.92. The van der Waals surface area contributed by atoms with E-state index in [2.05, 4.69) is 15.0 Å². The summed E-state index contributed by atoms with van der Waals surface area (Å²) >= 11 is 0. The molecule has 5 nitrogen and oxygen atoms in total. The molecule has 0 saturated heterocycles. The highest BCUT2D eigenvalue weighted by Gasteiger charge is 2.27. The summed E-state index contributed by atoms with van der Waals surface area (Å²) in [4.78, 5) is 13.4. The van der Waals surface area contributed by atoms with E-state index >= 15 is 0 Å². The normalized spacial score (nSPS) is 22.6. The highest BCUT2D eigenvalue weighted by molar-refractivity contribution is 6.09. The van der Waals surface area contributed by atoms with Crippen LogP contribution < -0.4 is 5.73 Å². The van der Waals surface area contributed by atoms with Crippen LogP contribution in [0.5, 0.6) is 0 Å². The van der Waals surface area contributed by atoms with Crippen LogP contribution >= 0.6 is 0 Å². The van der Waals surface area contributed by atoms with Gasteiger partial charge in [0.1, 0.15) is 0 Å². The minimum absolute atomic E-state index is 0.252. The number of benzene rings is 1. The first-order valence-corrected chi connectivity index (χ1v) is 7.08. The molecule has 3 rings (SSSR count). The Labute approximate surface area is 123 Å². The lowest BCUT2D eigenvalue weighted by Gasteiger charge is -2.30. The largest absolute Gasteiger partial charge is 0.404 e. The van der Waals surface area contributed by atoms with E-state index in [-0.39, 0.29) is 12.6 Å². The first-order chi connectivity index (χ1) is 10.3. The van der Waals surface area contributed by atoms with Crippen molar-refractivity contribution in [3.63, 3.8) is 0 Å². The number of aliphatic imine (C=N–C) groups is 1. The van der Waals surface area contributed by atoms with Crippen molar-refractivity contribution in [2.75, 3.05) is 6.61 Å². The molecular formula is C16H18N4O. The molecule has 0 unspecified atom stereocenters. The van der Waals surface area contributed by atoms with Crippen molar-refractivity contribution in [2.45, 2.75) is 18.9 Å². The van der Waals surface area contributed by atoms with Gasteiger partial charge in [0.05, 0.1) is 29.0 Å². The molecule has 1 aliphatic carbocycles. The Balaban J connectivity index is 1.77. The quantitative estimate of drug-likeness (QED) is 0.837. The number of nitrogens with zero attached hydrogens (tertiary/aromatic N) is 3. The molecule has 1 aromatic carbocycles. The Morgan fingerprint density at radius 2 is 2.10 bits per heavy atom. The van der Waals surface area contributed by atoms with Gasteiger partial charge in [-0.05, 0) is 30.9 Å². The number of rotatable bonds is 4. The van der Waals surface area contributed by atoms with Crippen LogP contribution in [0.1, 0.15) is 18.5 Å². The second-order valence-electron chi connectivity index (χ2n) is 5.32. The van der Waals surface area contributed by atoms with Crippen LogP contribution in [0.15, 0.2) is 41.7 Å². The Hall–Kier alpha value is -2.27. The molecule has 0 bridgehead atoms. The molecule has 1 aliphatic rings. The van der Waals surface area contributed by atoms with E-state index in [0.29, 0.717) is 5.92 Å². The average Bonchev–Trinajstić information content (AvgIpc) is 2.49. The van der Waals surface area contributed by atoms with Crippen molar-refractivity contribution < 1.29 is 5.11 Å². The number of hydrogen-bond acceptors (Lipinski definition) is 5. The molecular weight excluding hydrogens is 264 g/mol. The summed E-state index contributed by atoms with van der Waals surface area (Å²) in [6, 6.07) is 8.01. The topological polar surface area (TPSA) is 84.4 Å².